The van der Waals surface area contributed by atoms with Crippen molar-refractivity contribution in [3.63, 3.8) is 0 Å². The van der Waals surface area contributed by atoms with Crippen molar-refractivity contribution in [2.45, 2.75) is 42.9 Å². The zero-order valence-electron chi connectivity index (χ0n) is 12.0. The van der Waals surface area contributed by atoms with Crippen LogP contribution in [0.25, 0.3) is 11.0 Å². The molecule has 1 aliphatic carbocycles. The molecule has 1 aromatic heterocycles. The van der Waals surface area contributed by atoms with Gasteiger partial charge in [-0.2, -0.15) is 11.8 Å². The van der Waals surface area contributed by atoms with E-state index in [1.54, 1.807) is 12.1 Å². The van der Waals surface area contributed by atoms with Crippen LogP contribution in [0.4, 0.5) is 4.39 Å². The second kappa shape index (κ2) is 5.89. The van der Waals surface area contributed by atoms with E-state index in [4.69, 9.17) is 11.6 Å². The van der Waals surface area contributed by atoms with Crippen LogP contribution in [0.3, 0.4) is 0 Å². The van der Waals surface area contributed by atoms with Gasteiger partial charge in [-0.25, -0.2) is 9.37 Å². The molecule has 2 aromatic rings. The molecule has 0 N–H and O–H groups in total. The SMILES string of the molecule is CSC1(Cn2c(C(C)Cl)nc3cc(I)c(F)cc32)CCC1. The van der Waals surface area contributed by atoms with Gasteiger partial charge in [-0.1, -0.05) is 6.42 Å². The second-order valence-corrected chi connectivity index (χ2v) is 8.76. The molecule has 1 fully saturated rings. The number of thioether (sulfide) groups is 1. The lowest BCUT2D eigenvalue weighted by Crippen LogP contribution is -2.38. The minimum atomic E-state index is -0.190. The molecule has 1 saturated carbocycles. The van der Waals surface area contributed by atoms with Gasteiger partial charge in [-0.05, 0) is 54.7 Å². The predicted molar refractivity (Wildman–Crippen MR) is 96.8 cm³/mol. The summed E-state index contributed by atoms with van der Waals surface area (Å²) in [5.41, 5.74) is 1.69. The zero-order valence-corrected chi connectivity index (χ0v) is 15.7. The number of fused-ring (bicyclic) bond motifs is 1. The summed E-state index contributed by atoms with van der Waals surface area (Å²) in [6.45, 7) is 2.78. The van der Waals surface area contributed by atoms with Crippen LogP contribution in [0.5, 0.6) is 0 Å². The molecule has 0 saturated heterocycles. The average molecular weight is 439 g/mol. The minimum Gasteiger partial charge on any atom is -0.325 e. The molecular formula is C15H17ClFIN2S. The molecular weight excluding hydrogens is 422 g/mol. The monoisotopic (exact) mass is 438 g/mol. The smallest absolute Gasteiger partial charge is 0.138 e. The summed E-state index contributed by atoms with van der Waals surface area (Å²) < 4.78 is 16.9. The van der Waals surface area contributed by atoms with Gasteiger partial charge < -0.3 is 4.57 Å². The fourth-order valence-corrected chi connectivity index (χ4v) is 4.47. The Labute approximate surface area is 147 Å². The van der Waals surface area contributed by atoms with E-state index in [0.29, 0.717) is 3.57 Å². The summed E-state index contributed by atoms with van der Waals surface area (Å²) in [6.07, 6.45) is 5.84. The van der Waals surface area contributed by atoms with Crippen LogP contribution in [0.15, 0.2) is 12.1 Å². The Hall–Kier alpha value is -0.0100. The van der Waals surface area contributed by atoms with Crippen LogP contribution < -0.4 is 0 Å². The number of alkyl halides is 1. The van der Waals surface area contributed by atoms with Crippen LogP contribution in [0.1, 0.15) is 37.4 Å². The lowest BCUT2D eigenvalue weighted by Gasteiger charge is -2.41. The largest absolute Gasteiger partial charge is 0.325 e. The third-order valence-corrected chi connectivity index (χ3v) is 6.74. The molecule has 0 radical (unpaired) electrons. The van der Waals surface area contributed by atoms with Crippen molar-refractivity contribution in [1.29, 1.82) is 0 Å². The van der Waals surface area contributed by atoms with Gasteiger partial charge in [0.2, 0.25) is 0 Å². The highest BCUT2D eigenvalue weighted by Gasteiger charge is 2.37. The molecule has 21 heavy (non-hydrogen) atoms. The van der Waals surface area contributed by atoms with Crippen LogP contribution in [-0.4, -0.2) is 20.6 Å². The third-order valence-electron chi connectivity index (χ3n) is 4.32. The molecule has 114 valence electrons. The van der Waals surface area contributed by atoms with Crippen molar-refractivity contribution in [2.75, 3.05) is 6.26 Å². The summed E-state index contributed by atoms with van der Waals surface area (Å²) >= 11 is 10.2. The van der Waals surface area contributed by atoms with Crippen molar-refractivity contribution in [2.24, 2.45) is 0 Å². The Bertz CT molecular complexity index is 676. The van der Waals surface area contributed by atoms with E-state index in [9.17, 15) is 4.39 Å². The van der Waals surface area contributed by atoms with Crippen molar-refractivity contribution in [3.05, 3.63) is 27.3 Å². The molecule has 6 heteroatoms. The van der Waals surface area contributed by atoms with E-state index in [-0.39, 0.29) is 15.9 Å². The molecule has 0 aliphatic heterocycles. The lowest BCUT2D eigenvalue weighted by atomic mass is 9.84. The number of nitrogens with zero attached hydrogens (tertiary/aromatic N) is 2. The van der Waals surface area contributed by atoms with Crippen molar-refractivity contribution in [3.8, 4) is 0 Å². The zero-order chi connectivity index (χ0) is 15.2. The third kappa shape index (κ3) is 2.81. The Morgan fingerprint density at radius 1 is 1.52 bits per heavy atom. The van der Waals surface area contributed by atoms with E-state index in [0.717, 1.165) is 23.4 Å². The summed E-state index contributed by atoms with van der Waals surface area (Å²) in [5.74, 6) is 0.651. The number of rotatable bonds is 4. The van der Waals surface area contributed by atoms with Crippen LogP contribution >= 0.6 is 46.0 Å². The maximum absolute atomic E-state index is 14.0. The van der Waals surface area contributed by atoms with Crippen LogP contribution in [0, 0.1) is 9.39 Å². The molecule has 0 spiro atoms. The number of benzene rings is 1. The Kier molecular flexibility index (Phi) is 4.45. The van der Waals surface area contributed by atoms with Gasteiger partial charge in [0.1, 0.15) is 11.6 Å². The molecule has 0 bridgehead atoms. The summed E-state index contributed by atoms with van der Waals surface area (Å²) in [5, 5.41) is -0.183. The highest BCUT2D eigenvalue weighted by Crippen LogP contribution is 2.45. The number of halogens is 3. The Balaban J connectivity index is 2.13. The van der Waals surface area contributed by atoms with Gasteiger partial charge in [0.25, 0.3) is 0 Å². The molecule has 1 aromatic carbocycles. The van der Waals surface area contributed by atoms with Gasteiger partial charge >= 0.3 is 0 Å². The highest BCUT2D eigenvalue weighted by atomic mass is 127. The first-order valence-electron chi connectivity index (χ1n) is 7.00. The number of imidazole rings is 1. The molecule has 1 heterocycles. The first-order chi connectivity index (χ1) is 9.96. The minimum absolute atomic E-state index is 0.183. The van der Waals surface area contributed by atoms with Crippen LogP contribution in [-0.2, 0) is 6.54 Å². The lowest BCUT2D eigenvalue weighted by molar-refractivity contribution is 0.321. The summed E-state index contributed by atoms with van der Waals surface area (Å²) in [6, 6.07) is 3.40. The van der Waals surface area contributed by atoms with E-state index in [1.165, 1.54) is 19.3 Å². The quantitative estimate of drug-likeness (QED) is 0.472. The fourth-order valence-electron chi connectivity index (χ4n) is 2.89. The predicted octanol–water partition coefficient (Wildman–Crippen LogP) is 5.37. The van der Waals surface area contributed by atoms with E-state index in [1.807, 2.05) is 41.3 Å². The molecule has 1 atom stereocenters. The van der Waals surface area contributed by atoms with Gasteiger partial charge in [-0.15, -0.1) is 11.6 Å². The number of hydrogen-bond donors (Lipinski definition) is 0. The number of aromatic nitrogens is 2. The fraction of sp³-hybridized carbons (Fsp3) is 0.533. The normalized spacial score (nSPS) is 18.7. The van der Waals surface area contributed by atoms with Crippen molar-refractivity contribution in [1.82, 2.24) is 9.55 Å². The molecule has 3 rings (SSSR count). The van der Waals surface area contributed by atoms with E-state index >= 15 is 0 Å². The molecule has 1 unspecified atom stereocenters. The summed E-state index contributed by atoms with van der Waals surface area (Å²) in [4.78, 5) is 4.64. The van der Waals surface area contributed by atoms with Crippen LogP contribution in [0.2, 0.25) is 0 Å². The topological polar surface area (TPSA) is 17.8 Å². The molecule has 0 amide bonds. The maximum atomic E-state index is 14.0. The average Bonchev–Trinajstić information content (AvgIpc) is 2.73. The Morgan fingerprint density at radius 3 is 2.76 bits per heavy atom. The first kappa shape index (κ1) is 15.9. The Morgan fingerprint density at radius 2 is 2.24 bits per heavy atom. The standard InChI is InChI=1S/C15H17ClFIN2S/c1-9(16)14-19-12-7-11(18)10(17)6-13(12)20(14)8-15(21-2)4-3-5-15/h6-7,9H,3-5,8H2,1-2H3. The van der Waals surface area contributed by atoms with Crippen molar-refractivity contribution < 1.29 is 4.39 Å². The highest BCUT2D eigenvalue weighted by molar-refractivity contribution is 14.1. The number of hydrogen-bond acceptors (Lipinski definition) is 2. The molecule has 1 aliphatic rings. The molecule has 2 nitrogen and oxygen atoms in total. The first-order valence-corrected chi connectivity index (χ1v) is 9.74. The summed E-state index contributed by atoms with van der Waals surface area (Å²) in [7, 11) is 0. The van der Waals surface area contributed by atoms with Crippen molar-refractivity contribution >= 4 is 57.0 Å². The van der Waals surface area contributed by atoms with Gasteiger partial charge in [-0.3, -0.25) is 0 Å². The van der Waals surface area contributed by atoms with Gasteiger partial charge in [0.15, 0.2) is 0 Å². The second-order valence-electron chi connectivity index (χ2n) is 5.67. The van der Waals surface area contributed by atoms with E-state index in [2.05, 4.69) is 15.8 Å². The van der Waals surface area contributed by atoms with Gasteiger partial charge in [0, 0.05) is 17.4 Å². The van der Waals surface area contributed by atoms with Gasteiger partial charge in [0.05, 0.1) is 20.0 Å². The van der Waals surface area contributed by atoms with E-state index < -0.39 is 0 Å². The maximum Gasteiger partial charge on any atom is 0.138 e.